The zero-order chi connectivity index (χ0) is 16.1. The Labute approximate surface area is 134 Å². The number of urea groups is 1. The summed E-state index contributed by atoms with van der Waals surface area (Å²) in [6.45, 7) is 4.93. The van der Waals surface area contributed by atoms with E-state index in [-0.39, 0.29) is 6.03 Å². The van der Waals surface area contributed by atoms with E-state index >= 15 is 0 Å². The number of carbonyl (C=O) groups excluding carboxylic acids is 1. The van der Waals surface area contributed by atoms with Crippen molar-refractivity contribution >= 4 is 6.03 Å². The van der Waals surface area contributed by atoms with Crippen molar-refractivity contribution in [2.45, 2.75) is 13.3 Å². The van der Waals surface area contributed by atoms with Gasteiger partial charge < -0.3 is 19.5 Å². The highest BCUT2D eigenvalue weighted by Gasteiger charge is 2.16. The lowest BCUT2D eigenvalue weighted by atomic mass is 10.1. The summed E-state index contributed by atoms with van der Waals surface area (Å²) in [5.74, 6) is 1.09. The van der Waals surface area contributed by atoms with E-state index < -0.39 is 0 Å². The van der Waals surface area contributed by atoms with Crippen LogP contribution in [0.3, 0.4) is 0 Å². The Bertz CT molecular complexity index is 665. The molecule has 7 heteroatoms. The summed E-state index contributed by atoms with van der Waals surface area (Å²) in [7, 11) is 0. The molecule has 2 aromatic rings. The lowest BCUT2D eigenvalue weighted by Crippen LogP contribution is -2.46. The van der Waals surface area contributed by atoms with Gasteiger partial charge in [0.25, 0.3) is 0 Å². The average Bonchev–Trinajstić information content (AvgIpc) is 3.04. The maximum Gasteiger partial charge on any atom is 0.317 e. The van der Waals surface area contributed by atoms with Crippen LogP contribution >= 0.6 is 0 Å². The van der Waals surface area contributed by atoms with Gasteiger partial charge in [0.05, 0.1) is 13.2 Å². The van der Waals surface area contributed by atoms with E-state index in [0.29, 0.717) is 51.0 Å². The van der Waals surface area contributed by atoms with E-state index in [9.17, 15) is 4.79 Å². The topological polar surface area (TPSA) is 80.5 Å². The van der Waals surface area contributed by atoms with Crippen LogP contribution in [-0.2, 0) is 11.2 Å². The molecule has 23 heavy (non-hydrogen) atoms. The molecule has 0 aliphatic carbocycles. The summed E-state index contributed by atoms with van der Waals surface area (Å²) >= 11 is 0. The Kier molecular flexibility index (Phi) is 4.87. The number of nitrogens with zero attached hydrogens (tertiary/aromatic N) is 3. The number of benzene rings is 1. The number of aryl methyl sites for hydroxylation is 1. The fraction of sp³-hybridized carbons (Fsp3) is 0.438. The van der Waals surface area contributed by atoms with Gasteiger partial charge >= 0.3 is 6.03 Å². The van der Waals surface area contributed by atoms with Gasteiger partial charge in [-0.2, -0.15) is 4.98 Å². The van der Waals surface area contributed by atoms with Gasteiger partial charge in [-0.3, -0.25) is 0 Å². The van der Waals surface area contributed by atoms with Crippen LogP contribution in [0.1, 0.15) is 11.5 Å². The summed E-state index contributed by atoms with van der Waals surface area (Å²) < 4.78 is 10.5. The van der Waals surface area contributed by atoms with E-state index in [4.69, 9.17) is 9.26 Å². The highest BCUT2D eigenvalue weighted by atomic mass is 16.5. The second-order valence-electron chi connectivity index (χ2n) is 5.46. The number of nitrogens with one attached hydrogen (secondary N) is 1. The van der Waals surface area contributed by atoms with Gasteiger partial charge in [0.1, 0.15) is 0 Å². The molecule has 0 radical (unpaired) electrons. The molecule has 0 atom stereocenters. The quantitative estimate of drug-likeness (QED) is 0.927. The van der Waals surface area contributed by atoms with Gasteiger partial charge in [0, 0.05) is 31.6 Å². The van der Waals surface area contributed by atoms with Crippen LogP contribution in [0.25, 0.3) is 11.4 Å². The number of carbonyl (C=O) groups is 1. The molecule has 1 N–H and O–H groups in total. The number of hydrogen-bond acceptors (Lipinski definition) is 5. The summed E-state index contributed by atoms with van der Waals surface area (Å²) in [6.07, 6.45) is 0.509. The molecule has 2 amide bonds. The normalized spacial score (nSPS) is 14.7. The molecule has 2 heterocycles. The molecule has 0 bridgehead atoms. The van der Waals surface area contributed by atoms with Gasteiger partial charge in [0.15, 0.2) is 0 Å². The van der Waals surface area contributed by atoms with Crippen LogP contribution in [-0.4, -0.2) is 53.9 Å². The first-order valence-electron chi connectivity index (χ1n) is 7.72. The van der Waals surface area contributed by atoms with Gasteiger partial charge in [-0.25, -0.2) is 4.79 Å². The second-order valence-corrected chi connectivity index (χ2v) is 5.46. The van der Waals surface area contributed by atoms with Crippen molar-refractivity contribution in [3.8, 4) is 11.4 Å². The standard InChI is InChI=1S/C16H20N4O3/c1-12-3-2-4-13(11-12)15-18-14(23-19-15)5-6-17-16(21)20-7-9-22-10-8-20/h2-4,11H,5-10H2,1H3,(H,17,21). The Morgan fingerprint density at radius 1 is 1.35 bits per heavy atom. The highest BCUT2D eigenvalue weighted by Crippen LogP contribution is 2.16. The molecular weight excluding hydrogens is 296 g/mol. The first kappa shape index (κ1) is 15.5. The first-order valence-corrected chi connectivity index (χ1v) is 7.72. The van der Waals surface area contributed by atoms with Gasteiger partial charge in [-0.05, 0) is 13.0 Å². The summed E-state index contributed by atoms with van der Waals surface area (Å²) in [6, 6.07) is 7.86. The minimum atomic E-state index is -0.0771. The van der Waals surface area contributed by atoms with E-state index in [2.05, 4.69) is 15.5 Å². The zero-order valence-electron chi connectivity index (χ0n) is 13.1. The average molecular weight is 316 g/mol. The van der Waals surface area contributed by atoms with Crippen molar-refractivity contribution in [3.63, 3.8) is 0 Å². The molecule has 1 fully saturated rings. The van der Waals surface area contributed by atoms with E-state index in [0.717, 1.165) is 11.1 Å². The molecule has 1 saturated heterocycles. The predicted octanol–water partition coefficient (Wildman–Crippen LogP) is 1.63. The SMILES string of the molecule is Cc1cccc(-c2noc(CCNC(=O)N3CCOCC3)n2)c1. The summed E-state index contributed by atoms with van der Waals surface area (Å²) in [5, 5.41) is 6.85. The smallest absolute Gasteiger partial charge is 0.317 e. The van der Waals surface area contributed by atoms with Crippen molar-refractivity contribution < 1.29 is 14.1 Å². The number of hydrogen-bond donors (Lipinski definition) is 1. The number of rotatable bonds is 4. The number of morpholine rings is 1. The molecule has 3 rings (SSSR count). The number of ether oxygens (including phenoxy) is 1. The Morgan fingerprint density at radius 3 is 2.96 bits per heavy atom. The molecule has 0 unspecified atom stereocenters. The maximum absolute atomic E-state index is 11.9. The Morgan fingerprint density at radius 2 is 2.17 bits per heavy atom. The largest absolute Gasteiger partial charge is 0.378 e. The molecule has 7 nitrogen and oxygen atoms in total. The molecule has 1 aromatic heterocycles. The van der Waals surface area contributed by atoms with E-state index in [1.165, 1.54) is 0 Å². The van der Waals surface area contributed by atoms with Crippen LogP contribution < -0.4 is 5.32 Å². The monoisotopic (exact) mass is 316 g/mol. The van der Waals surface area contributed by atoms with Crippen LogP contribution in [0.15, 0.2) is 28.8 Å². The zero-order valence-corrected chi connectivity index (χ0v) is 13.1. The third-order valence-electron chi connectivity index (χ3n) is 3.66. The van der Waals surface area contributed by atoms with Crippen molar-refractivity contribution in [2.75, 3.05) is 32.8 Å². The van der Waals surface area contributed by atoms with E-state index in [1.54, 1.807) is 4.90 Å². The molecule has 0 spiro atoms. The number of amides is 2. The summed E-state index contributed by atoms with van der Waals surface area (Å²) in [4.78, 5) is 18.1. The van der Waals surface area contributed by atoms with Crippen molar-refractivity contribution in [1.82, 2.24) is 20.4 Å². The lowest BCUT2D eigenvalue weighted by Gasteiger charge is -2.26. The molecule has 0 saturated carbocycles. The molecule has 1 aromatic carbocycles. The van der Waals surface area contributed by atoms with Crippen LogP contribution in [0.5, 0.6) is 0 Å². The molecule has 1 aliphatic rings. The maximum atomic E-state index is 11.9. The molecule has 122 valence electrons. The molecule has 1 aliphatic heterocycles. The van der Waals surface area contributed by atoms with Crippen molar-refractivity contribution in [2.24, 2.45) is 0 Å². The first-order chi connectivity index (χ1) is 11.2. The Balaban J connectivity index is 1.50. The second kappa shape index (κ2) is 7.23. The van der Waals surface area contributed by atoms with Crippen molar-refractivity contribution in [1.29, 1.82) is 0 Å². The minimum absolute atomic E-state index is 0.0771. The van der Waals surface area contributed by atoms with Gasteiger partial charge in [-0.1, -0.05) is 28.9 Å². The molecular formula is C16H20N4O3. The number of aromatic nitrogens is 2. The fourth-order valence-corrected chi connectivity index (χ4v) is 2.41. The van der Waals surface area contributed by atoms with Gasteiger partial charge in [0.2, 0.25) is 11.7 Å². The summed E-state index contributed by atoms with van der Waals surface area (Å²) in [5.41, 5.74) is 2.07. The minimum Gasteiger partial charge on any atom is -0.378 e. The third kappa shape index (κ3) is 4.07. The predicted molar refractivity (Wildman–Crippen MR) is 84.0 cm³/mol. The van der Waals surface area contributed by atoms with Crippen LogP contribution in [0.4, 0.5) is 4.79 Å². The van der Waals surface area contributed by atoms with Gasteiger partial charge in [-0.15, -0.1) is 0 Å². The van der Waals surface area contributed by atoms with E-state index in [1.807, 2.05) is 31.2 Å². The van der Waals surface area contributed by atoms with Crippen LogP contribution in [0, 0.1) is 6.92 Å². The highest BCUT2D eigenvalue weighted by molar-refractivity contribution is 5.74. The van der Waals surface area contributed by atoms with Crippen LogP contribution in [0.2, 0.25) is 0 Å². The lowest BCUT2D eigenvalue weighted by molar-refractivity contribution is 0.0532. The van der Waals surface area contributed by atoms with Crippen molar-refractivity contribution in [3.05, 3.63) is 35.7 Å². The Hall–Kier alpha value is -2.41. The third-order valence-corrected chi connectivity index (χ3v) is 3.66. The fourth-order valence-electron chi connectivity index (χ4n) is 2.41.